The van der Waals surface area contributed by atoms with Crippen LogP contribution in [-0.2, 0) is 4.74 Å². The first-order valence-electron chi connectivity index (χ1n) is 8.03. The van der Waals surface area contributed by atoms with Crippen LogP contribution in [0, 0.1) is 5.82 Å². The molecule has 0 bridgehead atoms. The minimum Gasteiger partial charge on any atom is -0.452 e. The van der Waals surface area contributed by atoms with E-state index < -0.39 is 5.82 Å². The van der Waals surface area contributed by atoms with E-state index in [-0.39, 0.29) is 17.5 Å². The van der Waals surface area contributed by atoms with E-state index in [2.05, 4.69) is 9.97 Å². The third-order valence-corrected chi connectivity index (χ3v) is 4.30. The Morgan fingerprint density at radius 3 is 2.84 bits per heavy atom. The van der Waals surface area contributed by atoms with Crippen LogP contribution in [0.4, 0.5) is 10.1 Å². The Morgan fingerprint density at radius 1 is 1.28 bits per heavy atom. The maximum Gasteiger partial charge on any atom is 0.328 e. The van der Waals surface area contributed by atoms with E-state index in [0.717, 1.165) is 12.8 Å². The number of nitrogens with zero attached hydrogens (tertiary/aromatic N) is 2. The second-order valence-electron chi connectivity index (χ2n) is 5.94. The van der Waals surface area contributed by atoms with Crippen molar-refractivity contribution < 1.29 is 13.9 Å². The van der Waals surface area contributed by atoms with Crippen molar-refractivity contribution in [2.75, 3.05) is 18.9 Å². The lowest BCUT2D eigenvalue weighted by Crippen LogP contribution is -2.27. The number of anilines is 1. The van der Waals surface area contributed by atoms with Gasteiger partial charge in [-0.25, -0.2) is 14.2 Å². The summed E-state index contributed by atoms with van der Waals surface area (Å²) in [6.07, 6.45) is 2.95. The lowest BCUT2D eigenvalue weighted by Gasteiger charge is -2.23. The molecule has 1 aromatic carbocycles. The van der Waals surface area contributed by atoms with E-state index in [0.29, 0.717) is 35.8 Å². The van der Waals surface area contributed by atoms with E-state index in [1.807, 2.05) is 0 Å². The Morgan fingerprint density at radius 2 is 2.08 bits per heavy atom. The van der Waals surface area contributed by atoms with Gasteiger partial charge in [-0.1, -0.05) is 0 Å². The molecule has 25 heavy (non-hydrogen) atoms. The number of halogens is 1. The molecule has 2 aromatic heterocycles. The molecule has 3 N–H and O–H groups in total. The number of nitrogens with two attached hydrogens (primary N) is 1. The van der Waals surface area contributed by atoms with Crippen LogP contribution in [-0.4, -0.2) is 27.7 Å². The highest BCUT2D eigenvalue weighted by Crippen LogP contribution is 2.32. The molecular weight excluding hydrogens is 327 g/mol. The van der Waals surface area contributed by atoms with Gasteiger partial charge in [0.25, 0.3) is 0 Å². The lowest BCUT2D eigenvalue weighted by molar-refractivity contribution is 0.0697. The summed E-state index contributed by atoms with van der Waals surface area (Å²) >= 11 is 0. The van der Waals surface area contributed by atoms with Gasteiger partial charge in [0.1, 0.15) is 5.52 Å². The fraction of sp³-hybridized carbons (Fsp3) is 0.294. The molecule has 7 nitrogen and oxygen atoms in total. The Balaban J connectivity index is 1.82. The van der Waals surface area contributed by atoms with Crippen LogP contribution >= 0.6 is 0 Å². The number of rotatable bonds is 3. The van der Waals surface area contributed by atoms with Gasteiger partial charge in [0.05, 0.1) is 0 Å². The summed E-state index contributed by atoms with van der Waals surface area (Å²) in [6, 6.07) is 5.80. The molecule has 0 aliphatic carbocycles. The van der Waals surface area contributed by atoms with Crippen molar-refractivity contribution in [1.29, 1.82) is 0 Å². The summed E-state index contributed by atoms with van der Waals surface area (Å²) in [5.74, 6) is -0.173. The molecule has 0 saturated carbocycles. The molecule has 4 rings (SSSR count). The van der Waals surface area contributed by atoms with Gasteiger partial charge in [-0.05, 0) is 25.0 Å². The second-order valence-corrected chi connectivity index (χ2v) is 5.94. The van der Waals surface area contributed by atoms with Gasteiger partial charge in [0, 0.05) is 43.3 Å². The van der Waals surface area contributed by atoms with Crippen molar-refractivity contribution in [2.24, 2.45) is 0 Å². The average Bonchev–Trinajstić information content (AvgIpc) is 2.95. The highest BCUT2D eigenvalue weighted by molar-refractivity contribution is 5.78. The minimum atomic E-state index is -0.569. The maximum absolute atomic E-state index is 14.1. The summed E-state index contributed by atoms with van der Waals surface area (Å²) in [4.78, 5) is 19.4. The predicted molar refractivity (Wildman–Crippen MR) is 90.3 cm³/mol. The quantitative estimate of drug-likeness (QED) is 0.712. The van der Waals surface area contributed by atoms with Gasteiger partial charge in [-0.3, -0.25) is 9.55 Å². The minimum absolute atomic E-state index is 0.0159. The van der Waals surface area contributed by atoms with Gasteiger partial charge in [0.2, 0.25) is 0 Å². The van der Waals surface area contributed by atoms with Crippen molar-refractivity contribution in [3.63, 3.8) is 0 Å². The Kier molecular flexibility index (Phi) is 3.89. The first-order chi connectivity index (χ1) is 12.1. The smallest absolute Gasteiger partial charge is 0.328 e. The van der Waals surface area contributed by atoms with E-state index in [9.17, 15) is 9.18 Å². The molecule has 0 amide bonds. The molecule has 0 atom stereocenters. The van der Waals surface area contributed by atoms with Gasteiger partial charge in [-0.2, -0.15) is 0 Å². The number of aromatic amines is 1. The number of ether oxygens (including phenoxy) is 2. The van der Waals surface area contributed by atoms with Crippen LogP contribution in [0.15, 0.2) is 35.3 Å². The van der Waals surface area contributed by atoms with E-state index in [1.54, 1.807) is 16.7 Å². The molecule has 130 valence electrons. The van der Waals surface area contributed by atoms with E-state index in [1.165, 1.54) is 18.3 Å². The fourth-order valence-corrected chi connectivity index (χ4v) is 3.12. The average molecular weight is 344 g/mol. The van der Waals surface area contributed by atoms with Crippen molar-refractivity contribution in [3.8, 4) is 11.5 Å². The van der Waals surface area contributed by atoms with Crippen LogP contribution < -0.4 is 16.2 Å². The molecule has 0 radical (unpaired) electrons. The standard InChI is InChI=1S/C17H17FN4O3/c18-12-9-10(19)1-2-13(12)25-14-3-6-20-16-15(14)22(17(23)21-16)11-4-7-24-8-5-11/h1-3,6,9,11H,4-5,7-8,19H2,(H,20,21,23). The van der Waals surface area contributed by atoms with Crippen LogP contribution in [0.25, 0.3) is 11.2 Å². The lowest BCUT2D eigenvalue weighted by atomic mass is 10.1. The van der Waals surface area contributed by atoms with Crippen molar-refractivity contribution in [1.82, 2.24) is 14.5 Å². The van der Waals surface area contributed by atoms with Crippen molar-refractivity contribution in [3.05, 3.63) is 46.8 Å². The van der Waals surface area contributed by atoms with Crippen molar-refractivity contribution in [2.45, 2.75) is 18.9 Å². The molecule has 1 saturated heterocycles. The molecule has 1 fully saturated rings. The highest BCUT2D eigenvalue weighted by Gasteiger charge is 2.23. The largest absolute Gasteiger partial charge is 0.452 e. The van der Waals surface area contributed by atoms with Gasteiger partial charge >= 0.3 is 5.69 Å². The topological polar surface area (TPSA) is 95.2 Å². The third-order valence-electron chi connectivity index (χ3n) is 4.30. The first-order valence-corrected chi connectivity index (χ1v) is 8.03. The molecule has 3 heterocycles. The van der Waals surface area contributed by atoms with Crippen molar-refractivity contribution >= 4 is 16.9 Å². The number of nitrogen functional groups attached to an aromatic ring is 1. The highest BCUT2D eigenvalue weighted by atomic mass is 19.1. The van der Waals surface area contributed by atoms with Crippen LogP contribution in [0.3, 0.4) is 0 Å². The number of imidazole rings is 1. The SMILES string of the molecule is Nc1ccc(Oc2ccnc3[nH]c(=O)n(C4CCOCC4)c23)c(F)c1. The molecule has 1 aliphatic rings. The molecule has 1 aliphatic heterocycles. The van der Waals surface area contributed by atoms with Gasteiger partial charge in [0.15, 0.2) is 23.0 Å². The summed E-state index contributed by atoms with van der Waals surface area (Å²) in [5, 5.41) is 0. The zero-order chi connectivity index (χ0) is 17.4. The number of nitrogens with one attached hydrogen (secondary N) is 1. The normalized spacial score (nSPS) is 15.6. The summed E-state index contributed by atoms with van der Waals surface area (Å²) in [7, 11) is 0. The van der Waals surface area contributed by atoms with Crippen LogP contribution in [0.1, 0.15) is 18.9 Å². The summed E-state index contributed by atoms with van der Waals surface area (Å²) < 4.78 is 26.8. The second kappa shape index (κ2) is 6.21. The monoisotopic (exact) mass is 344 g/mol. The predicted octanol–water partition coefficient (Wildman–Crippen LogP) is 2.59. The molecule has 0 spiro atoms. The Hall–Kier alpha value is -2.87. The number of hydrogen-bond acceptors (Lipinski definition) is 5. The number of H-pyrrole nitrogens is 1. The molecule has 3 aromatic rings. The zero-order valence-corrected chi connectivity index (χ0v) is 13.4. The number of fused-ring (bicyclic) bond motifs is 1. The number of pyridine rings is 1. The van der Waals surface area contributed by atoms with Crippen LogP contribution in [0.2, 0.25) is 0 Å². The molecule has 0 unspecified atom stereocenters. The summed E-state index contributed by atoms with van der Waals surface area (Å²) in [6.45, 7) is 1.18. The Bertz CT molecular complexity index is 976. The van der Waals surface area contributed by atoms with E-state index in [4.69, 9.17) is 15.2 Å². The van der Waals surface area contributed by atoms with Gasteiger partial charge < -0.3 is 15.2 Å². The number of hydrogen-bond donors (Lipinski definition) is 2. The first kappa shape index (κ1) is 15.6. The molecular formula is C17H17FN4O3. The van der Waals surface area contributed by atoms with Crippen LogP contribution in [0.5, 0.6) is 11.5 Å². The third kappa shape index (κ3) is 2.85. The van der Waals surface area contributed by atoms with E-state index >= 15 is 0 Å². The number of aromatic nitrogens is 3. The molecule has 8 heteroatoms. The Labute approximate surface area is 142 Å². The number of benzene rings is 1. The maximum atomic E-state index is 14.1. The zero-order valence-electron chi connectivity index (χ0n) is 13.4. The fourth-order valence-electron chi connectivity index (χ4n) is 3.12. The van der Waals surface area contributed by atoms with Gasteiger partial charge in [-0.15, -0.1) is 0 Å². The summed E-state index contributed by atoms with van der Waals surface area (Å²) in [5.41, 5.74) is 6.55.